The van der Waals surface area contributed by atoms with Crippen LogP contribution in [0.4, 0.5) is 5.82 Å². The molecule has 0 radical (unpaired) electrons. The molecule has 2 aliphatic rings. The Hall–Kier alpha value is -2.43. The van der Waals surface area contributed by atoms with Gasteiger partial charge in [-0.1, -0.05) is 18.2 Å². The quantitative estimate of drug-likeness (QED) is 0.851. The molecule has 2 heterocycles. The number of hydrogen-bond acceptors (Lipinski definition) is 4. The molecule has 1 aliphatic carbocycles. The van der Waals surface area contributed by atoms with Crippen LogP contribution in [-0.4, -0.2) is 41.4 Å². The van der Waals surface area contributed by atoms with Gasteiger partial charge < -0.3 is 9.80 Å². The predicted molar refractivity (Wildman–Crippen MR) is 102 cm³/mol. The van der Waals surface area contributed by atoms with Crippen LogP contribution in [0.15, 0.2) is 30.6 Å². The Bertz CT molecular complexity index is 817. The third-order valence-corrected chi connectivity index (χ3v) is 5.53. The molecule has 0 N–H and O–H groups in total. The summed E-state index contributed by atoms with van der Waals surface area (Å²) in [6.45, 7) is 0.808. The van der Waals surface area contributed by atoms with Crippen molar-refractivity contribution in [2.45, 2.75) is 44.6 Å². The Morgan fingerprint density at radius 3 is 2.88 bits per heavy atom. The summed E-state index contributed by atoms with van der Waals surface area (Å²) in [7, 11) is 3.92. The number of fused-ring (bicyclic) bond motifs is 1. The van der Waals surface area contributed by atoms with Crippen molar-refractivity contribution in [2.75, 3.05) is 25.5 Å². The molecule has 1 aromatic carbocycles. The predicted octanol–water partition coefficient (Wildman–Crippen LogP) is 2.94. The van der Waals surface area contributed by atoms with E-state index in [-0.39, 0.29) is 11.9 Å². The smallest absolute Gasteiger partial charge is 0.227 e. The Balaban J connectivity index is 1.51. The number of anilines is 1. The van der Waals surface area contributed by atoms with E-state index in [0.717, 1.165) is 42.9 Å². The summed E-state index contributed by atoms with van der Waals surface area (Å²) in [4.78, 5) is 26.0. The van der Waals surface area contributed by atoms with Crippen LogP contribution in [0.1, 0.15) is 47.7 Å². The molecule has 4 rings (SSSR count). The van der Waals surface area contributed by atoms with E-state index in [1.165, 1.54) is 24.0 Å². The number of amides is 1. The van der Waals surface area contributed by atoms with Gasteiger partial charge in [-0.25, -0.2) is 4.98 Å². The molecule has 26 heavy (non-hydrogen) atoms. The number of hydrogen-bond donors (Lipinski definition) is 0. The highest BCUT2D eigenvalue weighted by Gasteiger charge is 2.31. The van der Waals surface area contributed by atoms with Crippen molar-refractivity contribution >= 4 is 11.7 Å². The normalized spacial score (nSPS) is 18.8. The van der Waals surface area contributed by atoms with Gasteiger partial charge in [0.1, 0.15) is 5.82 Å². The molecule has 1 atom stereocenters. The van der Waals surface area contributed by atoms with Crippen molar-refractivity contribution in [2.24, 2.45) is 0 Å². The van der Waals surface area contributed by atoms with Crippen LogP contribution < -0.4 is 4.90 Å². The van der Waals surface area contributed by atoms with Gasteiger partial charge >= 0.3 is 0 Å². The van der Waals surface area contributed by atoms with Gasteiger partial charge in [0.25, 0.3) is 0 Å². The Morgan fingerprint density at radius 1 is 1.19 bits per heavy atom. The fourth-order valence-electron chi connectivity index (χ4n) is 4.13. The summed E-state index contributed by atoms with van der Waals surface area (Å²) in [5.74, 6) is 1.03. The van der Waals surface area contributed by atoms with E-state index in [2.05, 4.69) is 23.2 Å². The molecule has 1 aliphatic heterocycles. The number of benzene rings is 1. The number of aromatic nitrogens is 2. The summed E-state index contributed by atoms with van der Waals surface area (Å²) in [5.41, 5.74) is 4.92. The Morgan fingerprint density at radius 2 is 2.04 bits per heavy atom. The van der Waals surface area contributed by atoms with Crippen molar-refractivity contribution < 1.29 is 4.79 Å². The molecule has 136 valence electrons. The zero-order valence-corrected chi connectivity index (χ0v) is 15.6. The van der Waals surface area contributed by atoms with Gasteiger partial charge in [0.15, 0.2) is 0 Å². The van der Waals surface area contributed by atoms with E-state index in [1.54, 1.807) is 12.4 Å². The summed E-state index contributed by atoms with van der Waals surface area (Å²) >= 11 is 0. The van der Waals surface area contributed by atoms with Crippen molar-refractivity contribution in [1.82, 2.24) is 14.9 Å². The molecule has 0 spiro atoms. The number of likely N-dealkylation sites (tertiary alicyclic amines) is 1. The van der Waals surface area contributed by atoms with E-state index >= 15 is 0 Å². The lowest BCUT2D eigenvalue weighted by molar-refractivity contribution is -0.131. The first-order chi connectivity index (χ1) is 12.6. The molecule has 1 aromatic heterocycles. The highest BCUT2D eigenvalue weighted by atomic mass is 16.2. The lowest BCUT2D eigenvalue weighted by Gasteiger charge is -2.25. The number of carbonyl (C=O) groups excluding carboxylic acids is 1. The SMILES string of the molecule is CN(C)c1cncc(C2CCCN2C(=O)Cc2ccc3c(c2)CCC3)n1. The second kappa shape index (κ2) is 7.06. The number of nitrogens with zero attached hydrogens (tertiary/aromatic N) is 4. The zero-order valence-electron chi connectivity index (χ0n) is 15.6. The third kappa shape index (κ3) is 3.30. The molecule has 1 fully saturated rings. The minimum atomic E-state index is 0.0457. The third-order valence-electron chi connectivity index (χ3n) is 5.53. The van der Waals surface area contributed by atoms with Crippen molar-refractivity contribution in [1.29, 1.82) is 0 Å². The summed E-state index contributed by atoms with van der Waals surface area (Å²) in [5, 5.41) is 0. The molecular weight excluding hydrogens is 324 g/mol. The average molecular weight is 350 g/mol. The van der Waals surface area contributed by atoms with Crippen LogP contribution >= 0.6 is 0 Å². The minimum absolute atomic E-state index is 0.0457. The minimum Gasteiger partial charge on any atom is -0.361 e. The molecule has 5 heteroatoms. The lowest BCUT2D eigenvalue weighted by Crippen LogP contribution is -2.32. The maximum atomic E-state index is 13.0. The Labute approximate surface area is 155 Å². The van der Waals surface area contributed by atoms with E-state index < -0.39 is 0 Å². The first-order valence-corrected chi connectivity index (χ1v) is 9.51. The summed E-state index contributed by atoms with van der Waals surface area (Å²) < 4.78 is 0. The highest BCUT2D eigenvalue weighted by molar-refractivity contribution is 5.79. The van der Waals surface area contributed by atoms with Gasteiger partial charge in [0, 0.05) is 20.6 Å². The van der Waals surface area contributed by atoms with Crippen LogP contribution in [0.2, 0.25) is 0 Å². The van der Waals surface area contributed by atoms with Crippen molar-refractivity contribution in [3.8, 4) is 0 Å². The number of rotatable bonds is 4. The summed E-state index contributed by atoms with van der Waals surface area (Å²) in [6.07, 6.45) is 9.59. The monoisotopic (exact) mass is 350 g/mol. The second-order valence-corrected chi connectivity index (χ2v) is 7.58. The Kier molecular flexibility index (Phi) is 4.62. The van der Waals surface area contributed by atoms with E-state index in [1.807, 2.05) is 23.9 Å². The van der Waals surface area contributed by atoms with Crippen LogP contribution in [-0.2, 0) is 24.1 Å². The fraction of sp³-hybridized carbons (Fsp3) is 0.476. The first-order valence-electron chi connectivity index (χ1n) is 9.51. The topological polar surface area (TPSA) is 49.3 Å². The highest BCUT2D eigenvalue weighted by Crippen LogP contribution is 2.32. The number of carbonyl (C=O) groups is 1. The second-order valence-electron chi connectivity index (χ2n) is 7.58. The van der Waals surface area contributed by atoms with Gasteiger partial charge in [-0.15, -0.1) is 0 Å². The molecule has 2 aromatic rings. The van der Waals surface area contributed by atoms with E-state index in [9.17, 15) is 4.79 Å². The summed E-state index contributed by atoms with van der Waals surface area (Å²) in [6, 6.07) is 6.61. The molecule has 0 bridgehead atoms. The molecule has 1 amide bonds. The van der Waals surface area contributed by atoms with Gasteiger partial charge in [-0.3, -0.25) is 9.78 Å². The van der Waals surface area contributed by atoms with Crippen LogP contribution in [0.3, 0.4) is 0 Å². The molecule has 5 nitrogen and oxygen atoms in total. The average Bonchev–Trinajstić information content (AvgIpc) is 3.30. The maximum Gasteiger partial charge on any atom is 0.227 e. The standard InChI is InChI=1S/C21H26N4O/c1-24(2)20-14-22-13-18(23-20)19-7-4-10-25(19)21(26)12-15-8-9-16-5-3-6-17(16)11-15/h8-9,11,13-14,19H,3-7,10,12H2,1-2H3. The van der Waals surface area contributed by atoms with Crippen molar-refractivity contribution in [3.63, 3.8) is 0 Å². The molecule has 1 saturated heterocycles. The molecular formula is C21H26N4O. The van der Waals surface area contributed by atoms with Crippen LogP contribution in [0, 0.1) is 0 Å². The van der Waals surface area contributed by atoms with Crippen LogP contribution in [0.25, 0.3) is 0 Å². The van der Waals surface area contributed by atoms with Crippen molar-refractivity contribution in [3.05, 3.63) is 53.0 Å². The zero-order chi connectivity index (χ0) is 18.1. The van der Waals surface area contributed by atoms with Gasteiger partial charge in [0.05, 0.1) is 30.6 Å². The van der Waals surface area contributed by atoms with Gasteiger partial charge in [0.2, 0.25) is 5.91 Å². The largest absolute Gasteiger partial charge is 0.361 e. The van der Waals surface area contributed by atoms with E-state index in [0.29, 0.717) is 6.42 Å². The van der Waals surface area contributed by atoms with Gasteiger partial charge in [-0.05, 0) is 48.8 Å². The van der Waals surface area contributed by atoms with Crippen LogP contribution in [0.5, 0.6) is 0 Å². The maximum absolute atomic E-state index is 13.0. The van der Waals surface area contributed by atoms with Gasteiger partial charge in [-0.2, -0.15) is 0 Å². The lowest BCUT2D eigenvalue weighted by atomic mass is 10.0. The molecule has 1 unspecified atom stereocenters. The number of aryl methyl sites for hydroxylation is 2. The molecule has 0 saturated carbocycles. The van der Waals surface area contributed by atoms with E-state index in [4.69, 9.17) is 4.98 Å². The fourth-order valence-corrected chi connectivity index (χ4v) is 4.13. The first kappa shape index (κ1) is 17.0.